The topological polar surface area (TPSA) is 79.8 Å². The molecule has 0 atom stereocenters. The lowest BCUT2D eigenvalue weighted by molar-refractivity contribution is 0.0954. The second-order valence-electron chi connectivity index (χ2n) is 6.74. The molecular formula is C25H23N3O3. The fourth-order valence-corrected chi connectivity index (χ4v) is 2.79. The number of para-hydroxylation sites is 1. The molecule has 0 saturated heterocycles. The number of ether oxygens (including phenoxy) is 1. The number of aryl methyl sites for hydroxylation is 1. The van der Waals surface area contributed by atoms with Gasteiger partial charge in [-0.1, -0.05) is 42.5 Å². The second-order valence-corrected chi connectivity index (χ2v) is 6.74. The van der Waals surface area contributed by atoms with E-state index in [0.29, 0.717) is 29.2 Å². The van der Waals surface area contributed by atoms with Gasteiger partial charge >= 0.3 is 0 Å². The largest absolute Gasteiger partial charge is 0.489 e. The van der Waals surface area contributed by atoms with Crippen molar-refractivity contribution in [2.45, 2.75) is 6.92 Å². The molecule has 3 aromatic carbocycles. The van der Waals surface area contributed by atoms with Crippen LogP contribution in [0.5, 0.6) is 5.75 Å². The number of anilines is 1. The predicted octanol–water partition coefficient (Wildman–Crippen LogP) is 4.58. The Morgan fingerprint density at radius 3 is 2.48 bits per heavy atom. The summed E-state index contributed by atoms with van der Waals surface area (Å²) >= 11 is 0. The van der Waals surface area contributed by atoms with Gasteiger partial charge in [0, 0.05) is 22.4 Å². The lowest BCUT2D eigenvalue weighted by atomic mass is 10.1. The Labute approximate surface area is 181 Å². The maximum atomic E-state index is 12.3. The quantitative estimate of drug-likeness (QED) is 0.322. The highest BCUT2D eigenvalue weighted by Gasteiger charge is 2.08. The third-order valence-corrected chi connectivity index (χ3v) is 4.33. The maximum absolute atomic E-state index is 12.3. The van der Waals surface area contributed by atoms with Gasteiger partial charge in [-0.3, -0.25) is 9.59 Å². The second kappa shape index (κ2) is 10.5. The van der Waals surface area contributed by atoms with E-state index in [1.165, 1.54) is 6.21 Å². The van der Waals surface area contributed by atoms with E-state index in [1.807, 2.05) is 49.4 Å². The van der Waals surface area contributed by atoms with Gasteiger partial charge in [0.25, 0.3) is 11.8 Å². The molecule has 0 spiro atoms. The van der Waals surface area contributed by atoms with Crippen LogP contribution < -0.4 is 15.5 Å². The highest BCUT2D eigenvalue weighted by atomic mass is 16.5. The van der Waals surface area contributed by atoms with Gasteiger partial charge in [0.1, 0.15) is 12.4 Å². The summed E-state index contributed by atoms with van der Waals surface area (Å²) in [4.78, 5) is 24.7. The molecule has 3 aromatic rings. The van der Waals surface area contributed by atoms with Gasteiger partial charge in [-0.25, -0.2) is 5.43 Å². The van der Waals surface area contributed by atoms with E-state index < -0.39 is 0 Å². The molecule has 0 aromatic heterocycles. The predicted molar refractivity (Wildman–Crippen MR) is 123 cm³/mol. The number of nitrogens with one attached hydrogen (secondary N) is 2. The Bertz CT molecular complexity index is 1110. The van der Waals surface area contributed by atoms with Crippen LogP contribution in [0.2, 0.25) is 0 Å². The zero-order chi connectivity index (χ0) is 22.1. The van der Waals surface area contributed by atoms with Crippen LogP contribution in [0.15, 0.2) is 90.6 Å². The van der Waals surface area contributed by atoms with Crippen molar-refractivity contribution in [1.82, 2.24) is 5.43 Å². The van der Waals surface area contributed by atoms with Crippen molar-refractivity contribution in [1.29, 1.82) is 0 Å². The average Bonchev–Trinajstić information content (AvgIpc) is 2.79. The Morgan fingerprint density at radius 2 is 1.74 bits per heavy atom. The number of amides is 2. The van der Waals surface area contributed by atoms with Crippen LogP contribution in [-0.4, -0.2) is 24.6 Å². The molecule has 0 saturated carbocycles. The molecule has 2 amide bonds. The first-order chi connectivity index (χ1) is 15.1. The molecule has 0 bridgehead atoms. The number of carbonyl (C=O) groups excluding carboxylic acids is 2. The minimum absolute atomic E-state index is 0.206. The zero-order valence-electron chi connectivity index (χ0n) is 17.2. The number of benzene rings is 3. The van der Waals surface area contributed by atoms with Crippen molar-refractivity contribution in [3.8, 4) is 5.75 Å². The van der Waals surface area contributed by atoms with Crippen molar-refractivity contribution in [3.63, 3.8) is 0 Å². The van der Waals surface area contributed by atoms with Crippen molar-refractivity contribution in [2.75, 3.05) is 11.9 Å². The summed E-state index contributed by atoms with van der Waals surface area (Å²) in [6.07, 6.45) is 3.18. The Hall–Kier alpha value is -4.19. The van der Waals surface area contributed by atoms with Crippen LogP contribution in [0, 0.1) is 6.92 Å². The van der Waals surface area contributed by atoms with Crippen LogP contribution >= 0.6 is 0 Å². The molecule has 31 heavy (non-hydrogen) atoms. The van der Waals surface area contributed by atoms with Crippen molar-refractivity contribution in [2.24, 2.45) is 5.10 Å². The van der Waals surface area contributed by atoms with E-state index in [2.05, 4.69) is 22.4 Å². The van der Waals surface area contributed by atoms with Crippen LogP contribution in [0.3, 0.4) is 0 Å². The Morgan fingerprint density at radius 1 is 0.968 bits per heavy atom. The number of rotatable bonds is 8. The molecule has 6 heteroatoms. The van der Waals surface area contributed by atoms with Gasteiger partial charge in [0.15, 0.2) is 0 Å². The highest BCUT2D eigenvalue weighted by Crippen LogP contribution is 2.16. The molecule has 0 unspecified atom stereocenters. The average molecular weight is 413 g/mol. The fraction of sp³-hybridized carbons (Fsp3) is 0.0800. The van der Waals surface area contributed by atoms with Crippen LogP contribution in [-0.2, 0) is 0 Å². The van der Waals surface area contributed by atoms with E-state index in [4.69, 9.17) is 4.74 Å². The van der Waals surface area contributed by atoms with Crippen LogP contribution in [0.25, 0.3) is 0 Å². The standard InChI is InChI=1S/C25H23N3O3/c1-3-15-31-23-10-5-4-8-21(23)17-26-28-25(30)19-11-13-22(14-12-19)27-24(29)20-9-6-7-18(2)16-20/h3-14,16-17H,1,15H2,2H3,(H,27,29)(H,28,30)/b26-17+. The fourth-order valence-electron chi connectivity index (χ4n) is 2.79. The number of carbonyl (C=O) groups is 2. The SMILES string of the molecule is C=CCOc1ccccc1/C=N/NC(=O)c1ccc(NC(=O)c2cccc(C)c2)cc1. The first kappa shape index (κ1) is 21.5. The number of nitrogens with zero attached hydrogens (tertiary/aromatic N) is 1. The summed E-state index contributed by atoms with van der Waals surface area (Å²) in [7, 11) is 0. The van der Waals surface area contributed by atoms with Crippen LogP contribution in [0.4, 0.5) is 5.69 Å². The third-order valence-electron chi connectivity index (χ3n) is 4.33. The maximum Gasteiger partial charge on any atom is 0.271 e. The lowest BCUT2D eigenvalue weighted by Crippen LogP contribution is -2.18. The zero-order valence-corrected chi connectivity index (χ0v) is 17.2. The monoisotopic (exact) mass is 413 g/mol. The molecule has 0 aliphatic rings. The molecule has 2 N–H and O–H groups in total. The summed E-state index contributed by atoms with van der Waals surface area (Å²) in [5.74, 6) is 0.0780. The van der Waals surface area contributed by atoms with Gasteiger partial charge in [-0.2, -0.15) is 5.10 Å². The minimum atomic E-state index is -0.364. The summed E-state index contributed by atoms with van der Waals surface area (Å²) in [5, 5.41) is 6.82. The first-order valence-electron chi connectivity index (χ1n) is 9.71. The van der Waals surface area contributed by atoms with Gasteiger partial charge < -0.3 is 10.1 Å². The van der Waals surface area contributed by atoms with E-state index in [-0.39, 0.29) is 11.8 Å². The Balaban J connectivity index is 1.59. The first-order valence-corrected chi connectivity index (χ1v) is 9.71. The molecule has 6 nitrogen and oxygen atoms in total. The van der Waals surface area contributed by atoms with E-state index >= 15 is 0 Å². The van der Waals surface area contributed by atoms with Gasteiger partial charge in [-0.15, -0.1) is 0 Å². The number of hydrazone groups is 1. The van der Waals surface area contributed by atoms with Crippen molar-refractivity contribution < 1.29 is 14.3 Å². The number of hydrogen-bond donors (Lipinski definition) is 2. The summed E-state index contributed by atoms with van der Waals surface area (Å²) in [6, 6.07) is 21.3. The smallest absolute Gasteiger partial charge is 0.271 e. The molecule has 0 aliphatic carbocycles. The number of hydrogen-bond acceptors (Lipinski definition) is 4. The van der Waals surface area contributed by atoms with Crippen LogP contribution in [0.1, 0.15) is 31.8 Å². The highest BCUT2D eigenvalue weighted by molar-refractivity contribution is 6.04. The van der Waals surface area contributed by atoms with Gasteiger partial charge in [0.05, 0.1) is 6.21 Å². The normalized spacial score (nSPS) is 10.5. The molecule has 0 radical (unpaired) electrons. The third kappa shape index (κ3) is 6.14. The molecule has 0 fully saturated rings. The van der Waals surface area contributed by atoms with Crippen molar-refractivity contribution >= 4 is 23.7 Å². The van der Waals surface area contributed by atoms with Crippen molar-refractivity contribution in [3.05, 3.63) is 108 Å². The van der Waals surface area contributed by atoms with Gasteiger partial charge in [0.2, 0.25) is 0 Å². The summed E-state index contributed by atoms with van der Waals surface area (Å²) in [6.45, 7) is 5.94. The lowest BCUT2D eigenvalue weighted by Gasteiger charge is -2.07. The van der Waals surface area contributed by atoms with E-state index in [1.54, 1.807) is 36.4 Å². The molecule has 0 aliphatic heterocycles. The molecule has 3 rings (SSSR count). The molecular weight excluding hydrogens is 390 g/mol. The minimum Gasteiger partial charge on any atom is -0.489 e. The summed E-state index contributed by atoms with van der Waals surface area (Å²) < 4.78 is 5.56. The molecule has 0 heterocycles. The van der Waals surface area contributed by atoms with E-state index in [9.17, 15) is 9.59 Å². The molecule has 156 valence electrons. The summed E-state index contributed by atoms with van der Waals surface area (Å²) in [5.41, 5.74) is 5.83. The Kier molecular flexibility index (Phi) is 7.32. The van der Waals surface area contributed by atoms with Gasteiger partial charge in [-0.05, 0) is 55.5 Å². The van der Waals surface area contributed by atoms with E-state index in [0.717, 1.165) is 11.1 Å².